The van der Waals surface area contributed by atoms with Gasteiger partial charge >= 0.3 is 0 Å². The first-order valence-electron chi connectivity index (χ1n) is 3.88. The van der Waals surface area contributed by atoms with Crippen LogP contribution in [0.15, 0.2) is 24.3 Å². The molecule has 0 aliphatic carbocycles. The fourth-order valence-electron chi connectivity index (χ4n) is 0.864. The standard InChI is InChI=1S/C9H11F.CH3F.2CH4/c1-2-8-3-5-9(7-10)6-4-8;1-2;;/h3-6H,2,7H2,1H3;1H3;2*1H4. The summed E-state index contributed by atoms with van der Waals surface area (Å²) in [5.41, 5.74) is 2.02. The number of hydrogen-bond acceptors (Lipinski definition) is 0. The first kappa shape index (κ1) is 18.8. The van der Waals surface area contributed by atoms with Crippen LogP contribution in [0.25, 0.3) is 0 Å². The number of hydrogen-bond donors (Lipinski definition) is 0. The minimum Gasteiger partial charge on any atom is -0.255 e. The maximum absolute atomic E-state index is 12.0. The van der Waals surface area contributed by atoms with Crippen LogP contribution in [0.4, 0.5) is 8.78 Å². The van der Waals surface area contributed by atoms with Crippen LogP contribution in [0.1, 0.15) is 32.9 Å². The normalized spacial score (nSPS) is 7.43. The molecule has 0 radical (unpaired) electrons. The first-order chi connectivity index (χ1) is 5.86. The third-order valence-electron chi connectivity index (χ3n) is 1.59. The molecule has 84 valence electrons. The van der Waals surface area contributed by atoms with E-state index in [0.717, 1.165) is 12.0 Å². The minimum atomic E-state index is -0.357. The second-order valence-corrected chi connectivity index (χ2v) is 2.30. The third kappa shape index (κ3) is 6.58. The van der Waals surface area contributed by atoms with Crippen molar-refractivity contribution in [3.63, 3.8) is 0 Å². The molecular formula is C12H22F2. The second kappa shape index (κ2) is 12.1. The fraction of sp³-hybridized carbons (Fsp3) is 0.500. The molecule has 0 nitrogen and oxygen atoms in total. The van der Waals surface area contributed by atoms with Gasteiger partial charge < -0.3 is 0 Å². The van der Waals surface area contributed by atoms with Crippen LogP contribution < -0.4 is 0 Å². The van der Waals surface area contributed by atoms with Crippen molar-refractivity contribution in [1.29, 1.82) is 0 Å². The van der Waals surface area contributed by atoms with Crippen LogP contribution in [0.2, 0.25) is 0 Å². The Labute approximate surface area is 87.0 Å². The van der Waals surface area contributed by atoms with Crippen molar-refractivity contribution in [3.8, 4) is 0 Å². The van der Waals surface area contributed by atoms with Crippen molar-refractivity contribution < 1.29 is 8.78 Å². The molecule has 0 spiro atoms. The predicted molar refractivity (Wildman–Crippen MR) is 61.1 cm³/mol. The summed E-state index contributed by atoms with van der Waals surface area (Å²) in [6, 6.07) is 7.60. The number of benzene rings is 1. The summed E-state index contributed by atoms with van der Waals surface area (Å²) in [4.78, 5) is 0. The lowest BCUT2D eigenvalue weighted by atomic mass is 10.1. The summed E-state index contributed by atoms with van der Waals surface area (Å²) < 4.78 is 21.5. The largest absolute Gasteiger partial charge is 0.255 e. The van der Waals surface area contributed by atoms with Gasteiger partial charge in [0.15, 0.2) is 0 Å². The van der Waals surface area contributed by atoms with Crippen LogP contribution >= 0.6 is 0 Å². The van der Waals surface area contributed by atoms with Gasteiger partial charge in [0.1, 0.15) is 6.67 Å². The van der Waals surface area contributed by atoms with Crippen molar-refractivity contribution in [2.45, 2.75) is 34.9 Å². The minimum absolute atomic E-state index is 0. The Morgan fingerprint density at radius 3 is 1.57 bits per heavy atom. The monoisotopic (exact) mass is 204 g/mol. The predicted octanol–water partition coefficient (Wildman–Crippen LogP) is 4.58. The molecule has 0 fully saturated rings. The van der Waals surface area contributed by atoms with Gasteiger partial charge in [-0.1, -0.05) is 46.0 Å². The van der Waals surface area contributed by atoms with E-state index in [1.165, 1.54) is 5.56 Å². The van der Waals surface area contributed by atoms with E-state index in [1.54, 1.807) is 0 Å². The van der Waals surface area contributed by atoms with E-state index < -0.39 is 0 Å². The molecule has 0 aliphatic rings. The van der Waals surface area contributed by atoms with E-state index in [4.69, 9.17) is 0 Å². The number of alkyl halides is 2. The molecule has 1 aromatic rings. The molecule has 2 heteroatoms. The van der Waals surface area contributed by atoms with Crippen LogP contribution in [-0.4, -0.2) is 7.18 Å². The first-order valence-corrected chi connectivity index (χ1v) is 3.88. The Balaban J connectivity index is -0.000000284. The summed E-state index contributed by atoms with van der Waals surface area (Å²) in [7, 11) is 0.500. The Morgan fingerprint density at radius 1 is 0.929 bits per heavy atom. The number of rotatable bonds is 2. The highest BCUT2D eigenvalue weighted by molar-refractivity contribution is 5.21. The summed E-state index contributed by atoms with van der Waals surface area (Å²) in [6.45, 7) is 1.73. The van der Waals surface area contributed by atoms with Gasteiger partial charge in [-0.3, -0.25) is 4.39 Å². The summed E-state index contributed by atoms with van der Waals surface area (Å²) in [5.74, 6) is 0. The van der Waals surface area contributed by atoms with Gasteiger partial charge in [-0.05, 0) is 17.5 Å². The van der Waals surface area contributed by atoms with Crippen molar-refractivity contribution in [2.24, 2.45) is 0 Å². The molecule has 0 saturated carbocycles. The van der Waals surface area contributed by atoms with E-state index in [2.05, 4.69) is 6.92 Å². The quantitative estimate of drug-likeness (QED) is 0.661. The molecular weight excluding hydrogens is 182 g/mol. The number of halogens is 2. The molecule has 0 bridgehead atoms. The molecule has 0 aliphatic heterocycles. The van der Waals surface area contributed by atoms with Crippen LogP contribution in [-0.2, 0) is 13.1 Å². The second-order valence-electron chi connectivity index (χ2n) is 2.30. The topological polar surface area (TPSA) is 0 Å². The molecule has 0 heterocycles. The zero-order chi connectivity index (χ0) is 9.40. The Kier molecular flexibility index (Phi) is 16.2. The van der Waals surface area contributed by atoms with Crippen molar-refractivity contribution in [2.75, 3.05) is 7.18 Å². The van der Waals surface area contributed by atoms with E-state index in [-0.39, 0.29) is 21.5 Å². The van der Waals surface area contributed by atoms with Crippen molar-refractivity contribution >= 4 is 0 Å². The molecule has 0 amide bonds. The van der Waals surface area contributed by atoms with Crippen molar-refractivity contribution in [3.05, 3.63) is 35.4 Å². The highest BCUT2D eigenvalue weighted by Gasteiger charge is 1.89. The van der Waals surface area contributed by atoms with E-state index >= 15 is 0 Å². The van der Waals surface area contributed by atoms with Gasteiger partial charge in [0.2, 0.25) is 0 Å². The van der Waals surface area contributed by atoms with Gasteiger partial charge in [0, 0.05) is 0 Å². The molecule has 14 heavy (non-hydrogen) atoms. The van der Waals surface area contributed by atoms with E-state index in [1.807, 2.05) is 24.3 Å². The van der Waals surface area contributed by atoms with Gasteiger partial charge in [0.25, 0.3) is 0 Å². The zero-order valence-electron chi connectivity index (χ0n) is 7.48. The van der Waals surface area contributed by atoms with Crippen LogP contribution in [0.3, 0.4) is 0 Å². The Bertz CT molecular complexity index is 169. The maximum atomic E-state index is 12.0. The molecule has 0 N–H and O–H groups in total. The summed E-state index contributed by atoms with van der Waals surface area (Å²) in [6.07, 6.45) is 1.02. The third-order valence-corrected chi connectivity index (χ3v) is 1.59. The average molecular weight is 204 g/mol. The molecule has 0 aromatic heterocycles. The smallest absolute Gasteiger partial charge is 0.115 e. The summed E-state index contributed by atoms with van der Waals surface area (Å²) >= 11 is 0. The fourth-order valence-corrected chi connectivity index (χ4v) is 0.864. The highest BCUT2D eigenvalue weighted by atomic mass is 19.1. The molecule has 0 unspecified atom stereocenters. The summed E-state index contributed by atoms with van der Waals surface area (Å²) in [5, 5.41) is 0. The van der Waals surface area contributed by atoms with Gasteiger partial charge in [-0.25, -0.2) is 4.39 Å². The number of aryl methyl sites for hydroxylation is 1. The Hall–Kier alpha value is -0.920. The maximum Gasteiger partial charge on any atom is 0.115 e. The lowest BCUT2D eigenvalue weighted by Gasteiger charge is -1.96. The molecule has 1 rings (SSSR count). The SMILES string of the molecule is C.C.CCc1ccc(CF)cc1.CF. The van der Waals surface area contributed by atoms with Gasteiger partial charge in [0.05, 0.1) is 7.18 Å². The lowest BCUT2D eigenvalue weighted by molar-refractivity contribution is 0.485. The van der Waals surface area contributed by atoms with Crippen LogP contribution in [0.5, 0.6) is 0 Å². The van der Waals surface area contributed by atoms with Crippen LogP contribution in [0, 0.1) is 0 Å². The highest BCUT2D eigenvalue weighted by Crippen LogP contribution is 2.05. The zero-order valence-corrected chi connectivity index (χ0v) is 7.48. The lowest BCUT2D eigenvalue weighted by Crippen LogP contribution is -1.81. The van der Waals surface area contributed by atoms with E-state index in [0.29, 0.717) is 7.18 Å². The van der Waals surface area contributed by atoms with Gasteiger partial charge in [-0.15, -0.1) is 0 Å². The molecule has 0 atom stereocenters. The average Bonchev–Trinajstić information content (AvgIpc) is 2.21. The Morgan fingerprint density at radius 2 is 1.29 bits per heavy atom. The van der Waals surface area contributed by atoms with Crippen molar-refractivity contribution in [1.82, 2.24) is 0 Å². The molecule has 0 saturated heterocycles. The van der Waals surface area contributed by atoms with Gasteiger partial charge in [-0.2, -0.15) is 0 Å². The molecule has 1 aromatic carbocycles. The van der Waals surface area contributed by atoms with E-state index in [9.17, 15) is 8.78 Å².